The third-order valence-electron chi connectivity index (χ3n) is 8.55. The monoisotopic (exact) mass is 582 g/mol. The molecule has 2 aliphatic heterocycles. The van der Waals surface area contributed by atoms with E-state index in [0.717, 1.165) is 5.70 Å². The van der Waals surface area contributed by atoms with Crippen LogP contribution in [0.2, 0.25) is 0 Å². The molecule has 0 saturated carbocycles. The topological polar surface area (TPSA) is 113 Å². The molecule has 1 atom stereocenters. The number of aliphatic hydroxyl groups is 1. The van der Waals surface area contributed by atoms with Crippen LogP contribution in [0.25, 0.3) is 17.0 Å². The lowest BCUT2D eigenvalue weighted by molar-refractivity contribution is 0.103. The number of ketones is 1. The molecule has 0 amide bonds. The zero-order valence-corrected chi connectivity index (χ0v) is 23.2. The summed E-state index contributed by atoms with van der Waals surface area (Å²) in [4.78, 5) is 43.7. The standard InChI is InChI=1S/C31H32F2N2O7/c1-40-26-11-21(35-8-4-19(33)5-9-35)13-28-23(26)15-25(31(39)42-28)29(37)24-14-22-17(16-36)10-20(12-27(22)41-30(24)38)34-6-2-18(32)3-7-34/h11-15,17-19,36H,2-10,16H2,1H3. The number of rotatable bonds is 6. The van der Waals surface area contributed by atoms with Gasteiger partial charge in [0.15, 0.2) is 0 Å². The summed E-state index contributed by atoms with van der Waals surface area (Å²) in [6.07, 6.45) is 2.06. The Morgan fingerprint density at radius 2 is 1.55 bits per heavy atom. The van der Waals surface area contributed by atoms with Crippen molar-refractivity contribution >= 4 is 28.5 Å². The molecule has 1 aromatic carbocycles. The molecule has 0 radical (unpaired) electrons. The molecule has 2 saturated heterocycles. The summed E-state index contributed by atoms with van der Waals surface area (Å²) in [5, 5.41) is 10.5. The minimum atomic E-state index is -0.927. The second-order valence-electron chi connectivity index (χ2n) is 11.1. The Labute approximate surface area is 240 Å². The van der Waals surface area contributed by atoms with Crippen LogP contribution in [0.1, 0.15) is 65.3 Å². The van der Waals surface area contributed by atoms with Crippen LogP contribution in [0.4, 0.5) is 14.5 Å². The van der Waals surface area contributed by atoms with E-state index in [-0.39, 0.29) is 29.1 Å². The lowest BCUT2D eigenvalue weighted by Gasteiger charge is -2.36. The van der Waals surface area contributed by atoms with Crippen molar-refractivity contribution in [2.45, 2.75) is 50.4 Å². The van der Waals surface area contributed by atoms with Gasteiger partial charge in [-0.25, -0.2) is 18.4 Å². The summed E-state index contributed by atoms with van der Waals surface area (Å²) in [6.45, 7) is 1.81. The zero-order chi connectivity index (χ0) is 29.5. The molecule has 3 aromatic rings. The number of alkyl halides is 2. The Bertz CT molecular complexity index is 1660. The van der Waals surface area contributed by atoms with Crippen molar-refractivity contribution in [3.05, 3.63) is 73.3 Å². The van der Waals surface area contributed by atoms with E-state index in [9.17, 15) is 28.3 Å². The highest BCUT2D eigenvalue weighted by molar-refractivity contribution is 6.10. The number of ether oxygens (including phenoxy) is 1. The SMILES string of the molecule is COc1cc(N2CCC(F)CC2)cc2oc(=O)c(C(=O)c3cc4c(oc3=O)C=C(N3CCC(F)CC3)CC4CO)cc12. The van der Waals surface area contributed by atoms with Crippen LogP contribution in [0.15, 0.2) is 48.4 Å². The molecule has 4 heterocycles. The molecule has 6 rings (SSSR count). The lowest BCUT2D eigenvalue weighted by Crippen LogP contribution is -2.35. The normalized spacial score (nSPS) is 20.0. The fourth-order valence-electron chi connectivity index (χ4n) is 6.11. The summed E-state index contributed by atoms with van der Waals surface area (Å²) >= 11 is 0. The highest BCUT2D eigenvalue weighted by Crippen LogP contribution is 2.37. The molecule has 2 fully saturated rings. The Morgan fingerprint density at radius 1 is 0.929 bits per heavy atom. The van der Waals surface area contributed by atoms with E-state index in [0.29, 0.717) is 80.7 Å². The molecule has 1 N–H and O–H groups in total. The van der Waals surface area contributed by atoms with Crippen LogP contribution >= 0.6 is 0 Å². The van der Waals surface area contributed by atoms with Crippen LogP contribution in [0.5, 0.6) is 5.75 Å². The number of methoxy groups -OCH3 is 1. The van der Waals surface area contributed by atoms with Crippen LogP contribution in [0.3, 0.4) is 0 Å². The molecule has 222 valence electrons. The number of nitrogens with zero attached hydrogens (tertiary/aromatic N) is 2. The van der Waals surface area contributed by atoms with Gasteiger partial charge >= 0.3 is 11.3 Å². The van der Waals surface area contributed by atoms with E-state index in [4.69, 9.17) is 13.6 Å². The Hall–Kier alpha value is -3.99. The second kappa shape index (κ2) is 11.4. The van der Waals surface area contributed by atoms with Gasteiger partial charge in [-0.3, -0.25) is 4.79 Å². The van der Waals surface area contributed by atoms with Crippen molar-refractivity contribution < 1.29 is 32.3 Å². The van der Waals surface area contributed by atoms with Crippen molar-refractivity contribution in [3.63, 3.8) is 0 Å². The maximum Gasteiger partial charge on any atom is 0.347 e. The predicted molar refractivity (Wildman–Crippen MR) is 152 cm³/mol. The van der Waals surface area contributed by atoms with Crippen LogP contribution in [-0.4, -0.2) is 68.0 Å². The van der Waals surface area contributed by atoms with Crippen molar-refractivity contribution in [1.82, 2.24) is 4.90 Å². The summed E-state index contributed by atoms with van der Waals surface area (Å²) in [7, 11) is 1.45. The van der Waals surface area contributed by atoms with Gasteiger partial charge in [-0.1, -0.05) is 0 Å². The maximum atomic E-state index is 13.7. The number of hydrogen-bond donors (Lipinski definition) is 1. The van der Waals surface area contributed by atoms with Gasteiger partial charge in [-0.05, 0) is 44.2 Å². The number of hydrogen-bond acceptors (Lipinski definition) is 9. The molecule has 1 aliphatic carbocycles. The summed E-state index contributed by atoms with van der Waals surface area (Å²) in [5.74, 6) is -0.728. The molecule has 0 spiro atoms. The highest BCUT2D eigenvalue weighted by Gasteiger charge is 2.31. The first-order valence-corrected chi connectivity index (χ1v) is 14.2. The lowest BCUT2D eigenvalue weighted by atomic mass is 9.87. The zero-order valence-electron chi connectivity index (χ0n) is 23.2. The van der Waals surface area contributed by atoms with Crippen LogP contribution < -0.4 is 20.9 Å². The minimum absolute atomic E-state index is 0.195. The van der Waals surface area contributed by atoms with Crippen LogP contribution in [0, 0.1) is 0 Å². The number of allylic oxidation sites excluding steroid dienone is 1. The Kier molecular flexibility index (Phi) is 7.61. The highest BCUT2D eigenvalue weighted by atomic mass is 19.1. The number of likely N-dealkylation sites (tertiary alicyclic amines) is 1. The van der Waals surface area contributed by atoms with Crippen LogP contribution in [-0.2, 0) is 0 Å². The number of anilines is 1. The minimum Gasteiger partial charge on any atom is -0.496 e. The van der Waals surface area contributed by atoms with E-state index >= 15 is 0 Å². The van der Waals surface area contributed by atoms with E-state index < -0.39 is 35.3 Å². The summed E-state index contributed by atoms with van der Waals surface area (Å²) in [6, 6.07) is 6.12. The first-order chi connectivity index (χ1) is 20.2. The third-order valence-corrected chi connectivity index (χ3v) is 8.55. The Morgan fingerprint density at radius 3 is 2.19 bits per heavy atom. The van der Waals surface area contributed by atoms with Gasteiger partial charge in [0, 0.05) is 67.3 Å². The molecular formula is C31H32F2N2O7. The molecule has 2 aromatic heterocycles. The third kappa shape index (κ3) is 5.21. The van der Waals surface area contributed by atoms with Crippen molar-refractivity contribution in [1.29, 1.82) is 0 Å². The number of carbonyl (C=O) groups excluding carboxylic acids is 1. The van der Waals surface area contributed by atoms with Crippen molar-refractivity contribution in [2.75, 3.05) is 44.8 Å². The number of carbonyl (C=O) groups is 1. The fourth-order valence-corrected chi connectivity index (χ4v) is 6.11. The van der Waals surface area contributed by atoms with Gasteiger partial charge in [-0.15, -0.1) is 0 Å². The maximum absolute atomic E-state index is 13.7. The van der Waals surface area contributed by atoms with E-state index in [1.54, 1.807) is 18.2 Å². The number of fused-ring (bicyclic) bond motifs is 2. The average Bonchev–Trinajstić information content (AvgIpc) is 2.99. The number of piperidine rings is 2. The molecule has 42 heavy (non-hydrogen) atoms. The van der Waals surface area contributed by atoms with Crippen molar-refractivity contribution in [3.8, 4) is 5.75 Å². The van der Waals surface area contributed by atoms with Gasteiger partial charge in [-0.2, -0.15) is 0 Å². The van der Waals surface area contributed by atoms with Gasteiger partial charge < -0.3 is 28.5 Å². The average molecular weight is 583 g/mol. The largest absolute Gasteiger partial charge is 0.496 e. The molecule has 0 bridgehead atoms. The Balaban J connectivity index is 1.35. The van der Waals surface area contributed by atoms with E-state index in [1.807, 2.05) is 9.80 Å². The van der Waals surface area contributed by atoms with E-state index in [1.165, 1.54) is 19.2 Å². The van der Waals surface area contributed by atoms with Crippen molar-refractivity contribution in [2.24, 2.45) is 0 Å². The predicted octanol–water partition coefficient (Wildman–Crippen LogP) is 4.18. The first-order valence-electron chi connectivity index (χ1n) is 14.2. The molecule has 9 nitrogen and oxygen atoms in total. The molecule has 1 unspecified atom stereocenters. The van der Waals surface area contributed by atoms with Gasteiger partial charge in [0.25, 0.3) is 0 Å². The molecular weight excluding hydrogens is 550 g/mol. The van der Waals surface area contributed by atoms with Gasteiger partial charge in [0.2, 0.25) is 5.78 Å². The number of halogens is 2. The van der Waals surface area contributed by atoms with E-state index in [2.05, 4.69) is 0 Å². The summed E-state index contributed by atoms with van der Waals surface area (Å²) < 4.78 is 43.9. The fraction of sp³-hybridized carbons (Fsp3) is 0.452. The van der Waals surface area contributed by atoms with Gasteiger partial charge in [0.05, 0.1) is 19.1 Å². The quantitative estimate of drug-likeness (QED) is 0.338. The molecule has 3 aliphatic rings. The first kappa shape index (κ1) is 28.1. The summed E-state index contributed by atoms with van der Waals surface area (Å²) in [5.41, 5.74) is -0.336. The smallest absolute Gasteiger partial charge is 0.347 e. The number of aliphatic hydroxyl groups excluding tert-OH is 1. The number of benzene rings is 1. The second-order valence-corrected chi connectivity index (χ2v) is 11.1. The molecule has 11 heteroatoms. The van der Waals surface area contributed by atoms with Gasteiger partial charge in [0.1, 0.15) is 40.6 Å².